The third kappa shape index (κ3) is 2.90. The average molecular weight is 256 g/mol. The molecule has 0 radical (unpaired) electrons. The van der Waals surface area contributed by atoms with E-state index >= 15 is 0 Å². The van der Waals surface area contributed by atoms with Crippen LogP contribution in [0, 0.1) is 5.92 Å². The van der Waals surface area contributed by atoms with Crippen LogP contribution in [0.5, 0.6) is 5.75 Å². The predicted octanol–water partition coefficient (Wildman–Crippen LogP) is 2.41. The summed E-state index contributed by atoms with van der Waals surface area (Å²) < 4.78 is 5.19. The molecule has 0 bridgehead atoms. The van der Waals surface area contributed by atoms with Crippen LogP contribution in [0.3, 0.4) is 0 Å². The summed E-state index contributed by atoms with van der Waals surface area (Å²) in [5, 5.41) is 12.6. The summed E-state index contributed by atoms with van der Waals surface area (Å²) >= 11 is 5.76. The van der Waals surface area contributed by atoms with Crippen molar-refractivity contribution in [3.63, 3.8) is 0 Å². The molecule has 0 atom stereocenters. The number of para-hydroxylation sites is 1. The second kappa shape index (κ2) is 5.38. The SMILES string of the molecule is O=C(Nc1cccc(Cl)c1O)C1CCOCC1. The second-order valence-electron chi connectivity index (χ2n) is 4.01. The molecule has 1 aliphatic heterocycles. The fourth-order valence-electron chi connectivity index (χ4n) is 1.81. The quantitative estimate of drug-likeness (QED) is 0.798. The summed E-state index contributed by atoms with van der Waals surface area (Å²) in [5.41, 5.74) is 0.356. The predicted molar refractivity (Wildman–Crippen MR) is 65.3 cm³/mol. The molecular formula is C12H14ClNO3. The Kier molecular flexibility index (Phi) is 3.86. The molecule has 1 aromatic carbocycles. The number of carbonyl (C=O) groups is 1. The first-order chi connectivity index (χ1) is 8.18. The highest BCUT2D eigenvalue weighted by atomic mass is 35.5. The van der Waals surface area contributed by atoms with Crippen LogP contribution >= 0.6 is 11.6 Å². The van der Waals surface area contributed by atoms with Crippen LogP contribution in [0.25, 0.3) is 0 Å². The molecule has 1 aliphatic rings. The highest BCUT2D eigenvalue weighted by Crippen LogP contribution is 2.31. The van der Waals surface area contributed by atoms with Gasteiger partial charge in [-0.3, -0.25) is 4.79 Å². The molecule has 17 heavy (non-hydrogen) atoms. The normalized spacial score (nSPS) is 16.8. The first kappa shape index (κ1) is 12.2. The molecule has 5 heteroatoms. The molecule has 1 fully saturated rings. The highest BCUT2D eigenvalue weighted by Gasteiger charge is 2.22. The lowest BCUT2D eigenvalue weighted by Crippen LogP contribution is -2.28. The smallest absolute Gasteiger partial charge is 0.227 e. The first-order valence-electron chi connectivity index (χ1n) is 5.54. The Labute approximate surface area is 105 Å². The van der Waals surface area contributed by atoms with Gasteiger partial charge in [0.15, 0.2) is 5.75 Å². The maximum absolute atomic E-state index is 11.9. The van der Waals surface area contributed by atoms with Crippen molar-refractivity contribution in [1.82, 2.24) is 0 Å². The minimum absolute atomic E-state index is 0.0536. The van der Waals surface area contributed by atoms with Gasteiger partial charge < -0.3 is 15.2 Å². The van der Waals surface area contributed by atoms with Crippen molar-refractivity contribution >= 4 is 23.2 Å². The second-order valence-corrected chi connectivity index (χ2v) is 4.42. The summed E-state index contributed by atoms with van der Waals surface area (Å²) in [5.74, 6) is -0.234. The number of aromatic hydroxyl groups is 1. The Morgan fingerprint density at radius 3 is 2.82 bits per heavy atom. The lowest BCUT2D eigenvalue weighted by atomic mass is 9.99. The van der Waals surface area contributed by atoms with Crippen LogP contribution in [0.2, 0.25) is 5.02 Å². The minimum atomic E-state index is -0.0918. The van der Waals surface area contributed by atoms with Gasteiger partial charge in [-0.2, -0.15) is 0 Å². The Morgan fingerprint density at radius 2 is 2.12 bits per heavy atom. The zero-order valence-electron chi connectivity index (χ0n) is 9.28. The van der Waals surface area contributed by atoms with E-state index in [2.05, 4.69) is 5.32 Å². The van der Waals surface area contributed by atoms with Crippen LogP contribution in [0.15, 0.2) is 18.2 Å². The average Bonchev–Trinajstić information content (AvgIpc) is 2.36. The molecule has 0 aliphatic carbocycles. The van der Waals surface area contributed by atoms with Crippen LogP contribution in [-0.4, -0.2) is 24.2 Å². The fourth-order valence-corrected chi connectivity index (χ4v) is 1.99. The number of phenolic OH excluding ortho intramolecular Hbond substituents is 1. The Hall–Kier alpha value is -1.26. The number of anilines is 1. The van der Waals surface area contributed by atoms with Gasteiger partial charge in [0.25, 0.3) is 0 Å². The first-order valence-corrected chi connectivity index (χ1v) is 5.92. The van der Waals surface area contributed by atoms with Crippen molar-refractivity contribution in [2.24, 2.45) is 5.92 Å². The van der Waals surface area contributed by atoms with Gasteiger partial charge in [-0.1, -0.05) is 17.7 Å². The van der Waals surface area contributed by atoms with Crippen molar-refractivity contribution in [2.75, 3.05) is 18.5 Å². The molecule has 1 aromatic rings. The van der Waals surface area contributed by atoms with E-state index in [1.54, 1.807) is 18.2 Å². The number of ether oxygens (including phenoxy) is 1. The molecule has 92 valence electrons. The zero-order chi connectivity index (χ0) is 12.3. The molecule has 0 unspecified atom stereocenters. The monoisotopic (exact) mass is 255 g/mol. The molecule has 2 N–H and O–H groups in total. The number of halogens is 1. The van der Waals surface area contributed by atoms with Gasteiger partial charge in [-0.05, 0) is 25.0 Å². The van der Waals surface area contributed by atoms with E-state index in [-0.39, 0.29) is 22.6 Å². The standard InChI is InChI=1S/C12H14ClNO3/c13-9-2-1-3-10(11(9)15)14-12(16)8-4-6-17-7-5-8/h1-3,8,15H,4-7H2,(H,14,16). The molecule has 2 rings (SSSR count). The third-order valence-electron chi connectivity index (χ3n) is 2.84. The molecule has 1 heterocycles. The van der Waals surface area contributed by atoms with Crippen LogP contribution in [0.1, 0.15) is 12.8 Å². The largest absolute Gasteiger partial charge is 0.504 e. The molecule has 0 saturated carbocycles. The summed E-state index contributed by atoms with van der Waals surface area (Å²) in [7, 11) is 0. The van der Waals surface area contributed by atoms with E-state index in [1.165, 1.54) is 0 Å². The number of phenols is 1. The van der Waals surface area contributed by atoms with Crippen LogP contribution in [0.4, 0.5) is 5.69 Å². The lowest BCUT2D eigenvalue weighted by Gasteiger charge is -2.21. The third-order valence-corrected chi connectivity index (χ3v) is 3.14. The van der Waals surface area contributed by atoms with Crippen molar-refractivity contribution in [3.05, 3.63) is 23.2 Å². The van der Waals surface area contributed by atoms with Gasteiger partial charge in [-0.15, -0.1) is 0 Å². The zero-order valence-corrected chi connectivity index (χ0v) is 10.0. The van der Waals surface area contributed by atoms with E-state index in [0.29, 0.717) is 31.7 Å². The topological polar surface area (TPSA) is 58.6 Å². The summed E-state index contributed by atoms with van der Waals surface area (Å²) in [6.07, 6.45) is 1.43. The maximum atomic E-state index is 11.9. The van der Waals surface area contributed by atoms with Gasteiger partial charge in [0.1, 0.15) is 0 Å². The van der Waals surface area contributed by atoms with E-state index in [1.807, 2.05) is 0 Å². The molecule has 1 amide bonds. The summed E-state index contributed by atoms with van der Waals surface area (Å²) in [4.78, 5) is 11.9. The number of rotatable bonds is 2. The van der Waals surface area contributed by atoms with E-state index < -0.39 is 0 Å². The van der Waals surface area contributed by atoms with Gasteiger partial charge in [-0.25, -0.2) is 0 Å². The van der Waals surface area contributed by atoms with Gasteiger partial charge in [0, 0.05) is 19.1 Å². The van der Waals surface area contributed by atoms with Gasteiger partial charge >= 0.3 is 0 Å². The number of carbonyl (C=O) groups excluding carboxylic acids is 1. The van der Waals surface area contributed by atoms with Crippen molar-refractivity contribution in [1.29, 1.82) is 0 Å². The molecule has 0 spiro atoms. The maximum Gasteiger partial charge on any atom is 0.227 e. The lowest BCUT2D eigenvalue weighted by molar-refractivity contribution is -0.122. The number of nitrogens with one attached hydrogen (secondary N) is 1. The van der Waals surface area contributed by atoms with E-state index in [0.717, 1.165) is 0 Å². The van der Waals surface area contributed by atoms with Gasteiger partial charge in [0.2, 0.25) is 5.91 Å². The van der Waals surface area contributed by atoms with E-state index in [4.69, 9.17) is 16.3 Å². The number of amides is 1. The van der Waals surface area contributed by atoms with Crippen molar-refractivity contribution < 1.29 is 14.6 Å². The fraction of sp³-hybridized carbons (Fsp3) is 0.417. The Balaban J connectivity index is 2.04. The Morgan fingerprint density at radius 1 is 1.41 bits per heavy atom. The van der Waals surface area contributed by atoms with Crippen molar-refractivity contribution in [2.45, 2.75) is 12.8 Å². The number of benzene rings is 1. The molecular weight excluding hydrogens is 242 g/mol. The Bertz CT molecular complexity index is 416. The van der Waals surface area contributed by atoms with Gasteiger partial charge in [0.05, 0.1) is 10.7 Å². The summed E-state index contributed by atoms with van der Waals surface area (Å²) in [6, 6.07) is 4.88. The summed E-state index contributed by atoms with van der Waals surface area (Å²) in [6.45, 7) is 1.22. The molecule has 0 aromatic heterocycles. The molecule has 1 saturated heterocycles. The van der Waals surface area contributed by atoms with Crippen LogP contribution < -0.4 is 5.32 Å². The number of hydrogen-bond acceptors (Lipinski definition) is 3. The van der Waals surface area contributed by atoms with Crippen molar-refractivity contribution in [3.8, 4) is 5.75 Å². The highest BCUT2D eigenvalue weighted by molar-refractivity contribution is 6.32. The van der Waals surface area contributed by atoms with Crippen LogP contribution in [-0.2, 0) is 9.53 Å². The minimum Gasteiger partial charge on any atom is -0.504 e. The number of hydrogen-bond donors (Lipinski definition) is 2. The van der Waals surface area contributed by atoms with E-state index in [9.17, 15) is 9.90 Å². The molecule has 4 nitrogen and oxygen atoms in total.